The first-order valence-corrected chi connectivity index (χ1v) is 6.69. The van der Waals surface area contributed by atoms with Crippen LogP contribution in [0.4, 0.5) is 4.79 Å². The van der Waals surface area contributed by atoms with Crippen LogP contribution in [0.5, 0.6) is 0 Å². The van der Waals surface area contributed by atoms with E-state index in [4.69, 9.17) is 6.42 Å². The largest absolute Gasteiger partial charge is 0.332 e. The van der Waals surface area contributed by atoms with Gasteiger partial charge in [-0.1, -0.05) is 36.3 Å². The van der Waals surface area contributed by atoms with Crippen molar-refractivity contribution in [1.29, 1.82) is 0 Å². The van der Waals surface area contributed by atoms with Crippen LogP contribution in [0.2, 0.25) is 0 Å². The highest BCUT2D eigenvalue weighted by Gasteiger charge is 2.08. The number of hydrogen-bond acceptors (Lipinski definition) is 2. The summed E-state index contributed by atoms with van der Waals surface area (Å²) < 4.78 is 0. The molecule has 2 aromatic rings. The Morgan fingerprint density at radius 1 is 1.29 bits per heavy atom. The van der Waals surface area contributed by atoms with E-state index in [2.05, 4.69) is 21.5 Å². The molecule has 1 atom stereocenters. The Labute approximate surface area is 124 Å². The quantitative estimate of drug-likeness (QED) is 0.846. The normalized spacial score (nSPS) is 11.2. The predicted molar refractivity (Wildman–Crippen MR) is 83.5 cm³/mol. The first-order chi connectivity index (χ1) is 10.2. The maximum absolute atomic E-state index is 11.5. The van der Waals surface area contributed by atoms with Crippen molar-refractivity contribution in [2.24, 2.45) is 0 Å². The maximum atomic E-state index is 11.5. The van der Waals surface area contributed by atoms with Crippen molar-refractivity contribution in [3.8, 4) is 23.5 Å². The lowest BCUT2D eigenvalue weighted by atomic mass is 10.0. The zero-order chi connectivity index (χ0) is 15.1. The second-order valence-electron chi connectivity index (χ2n) is 4.62. The highest BCUT2D eigenvalue weighted by molar-refractivity contribution is 5.74. The van der Waals surface area contributed by atoms with Crippen molar-refractivity contribution < 1.29 is 4.79 Å². The van der Waals surface area contributed by atoms with E-state index < -0.39 is 0 Å². The molecule has 0 aliphatic rings. The van der Waals surface area contributed by atoms with Gasteiger partial charge in [-0.15, -0.1) is 6.42 Å². The van der Waals surface area contributed by atoms with E-state index in [0.29, 0.717) is 0 Å². The van der Waals surface area contributed by atoms with Gasteiger partial charge in [0.05, 0.1) is 12.6 Å². The molecule has 0 fully saturated rings. The molecule has 0 bridgehead atoms. The van der Waals surface area contributed by atoms with Gasteiger partial charge in [0.15, 0.2) is 0 Å². The maximum Gasteiger partial charge on any atom is 0.316 e. The number of urea groups is 1. The Kier molecular flexibility index (Phi) is 4.94. The van der Waals surface area contributed by atoms with Gasteiger partial charge in [0.1, 0.15) is 0 Å². The number of benzene rings is 1. The average Bonchev–Trinajstić information content (AvgIpc) is 2.54. The number of rotatable bonds is 4. The summed E-state index contributed by atoms with van der Waals surface area (Å²) in [4.78, 5) is 15.7. The van der Waals surface area contributed by atoms with Gasteiger partial charge in [-0.05, 0) is 29.7 Å². The Hall–Kier alpha value is -2.80. The minimum Gasteiger partial charge on any atom is -0.332 e. The molecule has 4 heteroatoms. The van der Waals surface area contributed by atoms with E-state index in [1.165, 1.54) is 0 Å². The lowest BCUT2D eigenvalue weighted by molar-refractivity contribution is 0.239. The van der Waals surface area contributed by atoms with Crippen molar-refractivity contribution in [3.05, 3.63) is 54.4 Å². The van der Waals surface area contributed by atoms with Crippen LogP contribution >= 0.6 is 0 Å². The van der Waals surface area contributed by atoms with Gasteiger partial charge in [-0.3, -0.25) is 4.98 Å². The van der Waals surface area contributed by atoms with Crippen LogP contribution in [0.3, 0.4) is 0 Å². The molecular formula is C17H17N3O. The zero-order valence-corrected chi connectivity index (χ0v) is 11.8. The Morgan fingerprint density at radius 3 is 2.67 bits per heavy atom. The molecule has 4 nitrogen and oxygen atoms in total. The van der Waals surface area contributed by atoms with Crippen molar-refractivity contribution in [2.75, 3.05) is 6.54 Å². The standard InChI is InChI=1S/C17H17N3O/c1-3-10-19-17(21)20-13(2)14-6-8-15(9-7-14)16-5-4-11-18-12-16/h1,4-9,11-13H,10H2,2H3,(H2,19,20,21)/t13-/m0/s1. The number of pyridine rings is 1. The highest BCUT2D eigenvalue weighted by atomic mass is 16.2. The summed E-state index contributed by atoms with van der Waals surface area (Å²) in [5.41, 5.74) is 3.19. The zero-order valence-electron chi connectivity index (χ0n) is 11.8. The molecule has 21 heavy (non-hydrogen) atoms. The number of nitrogens with zero attached hydrogens (tertiary/aromatic N) is 1. The van der Waals surface area contributed by atoms with E-state index in [-0.39, 0.29) is 18.6 Å². The molecule has 0 saturated heterocycles. The second-order valence-corrected chi connectivity index (χ2v) is 4.62. The lowest BCUT2D eigenvalue weighted by Gasteiger charge is -2.15. The van der Waals surface area contributed by atoms with Gasteiger partial charge >= 0.3 is 6.03 Å². The molecule has 0 unspecified atom stereocenters. The van der Waals surface area contributed by atoms with E-state index in [9.17, 15) is 4.79 Å². The van der Waals surface area contributed by atoms with Gasteiger partial charge in [-0.25, -0.2) is 4.79 Å². The van der Waals surface area contributed by atoms with Crippen molar-refractivity contribution >= 4 is 6.03 Å². The molecule has 1 aromatic carbocycles. The number of amides is 2. The third-order valence-corrected chi connectivity index (χ3v) is 3.10. The summed E-state index contributed by atoms with van der Waals surface area (Å²) in [6.45, 7) is 2.15. The van der Waals surface area contributed by atoms with E-state index in [0.717, 1.165) is 16.7 Å². The number of aromatic nitrogens is 1. The van der Waals surface area contributed by atoms with Gasteiger partial charge in [0.2, 0.25) is 0 Å². The van der Waals surface area contributed by atoms with Crippen LogP contribution in [0.1, 0.15) is 18.5 Å². The van der Waals surface area contributed by atoms with Gasteiger partial charge in [-0.2, -0.15) is 0 Å². The number of carbonyl (C=O) groups is 1. The number of hydrogen-bond donors (Lipinski definition) is 2. The van der Waals surface area contributed by atoms with Gasteiger partial charge in [0, 0.05) is 12.4 Å². The molecule has 0 saturated carbocycles. The fraction of sp³-hybridized carbons (Fsp3) is 0.176. The third-order valence-electron chi connectivity index (χ3n) is 3.10. The molecule has 2 N–H and O–H groups in total. The van der Waals surface area contributed by atoms with Crippen LogP contribution in [-0.2, 0) is 0 Å². The molecule has 0 aliphatic carbocycles. The fourth-order valence-corrected chi connectivity index (χ4v) is 1.96. The highest BCUT2D eigenvalue weighted by Crippen LogP contribution is 2.21. The third kappa shape index (κ3) is 4.08. The first-order valence-electron chi connectivity index (χ1n) is 6.69. The number of terminal acetylenes is 1. The molecule has 0 radical (unpaired) electrons. The summed E-state index contributed by atoms with van der Waals surface area (Å²) >= 11 is 0. The Bertz CT molecular complexity index is 629. The van der Waals surface area contributed by atoms with Crippen LogP contribution in [0, 0.1) is 12.3 Å². The summed E-state index contributed by atoms with van der Waals surface area (Å²) in [7, 11) is 0. The molecule has 0 spiro atoms. The molecule has 106 valence electrons. The monoisotopic (exact) mass is 279 g/mol. The SMILES string of the molecule is C#CCNC(=O)N[C@@H](C)c1ccc(-c2cccnc2)cc1. The van der Waals surface area contributed by atoms with Crippen LogP contribution < -0.4 is 10.6 Å². The molecule has 2 rings (SSSR count). The average molecular weight is 279 g/mol. The van der Waals surface area contributed by atoms with E-state index in [1.807, 2.05) is 49.5 Å². The topological polar surface area (TPSA) is 54.0 Å². The molecule has 2 amide bonds. The smallest absolute Gasteiger partial charge is 0.316 e. The number of nitrogens with one attached hydrogen (secondary N) is 2. The Balaban J connectivity index is 2.02. The fourth-order valence-electron chi connectivity index (χ4n) is 1.96. The summed E-state index contributed by atoms with van der Waals surface area (Å²) in [6.07, 6.45) is 8.67. The van der Waals surface area contributed by atoms with Crippen LogP contribution in [0.25, 0.3) is 11.1 Å². The number of carbonyl (C=O) groups excluding carboxylic acids is 1. The molecule has 0 aliphatic heterocycles. The van der Waals surface area contributed by atoms with E-state index in [1.54, 1.807) is 6.20 Å². The van der Waals surface area contributed by atoms with Crippen molar-refractivity contribution in [2.45, 2.75) is 13.0 Å². The van der Waals surface area contributed by atoms with Crippen molar-refractivity contribution in [3.63, 3.8) is 0 Å². The first kappa shape index (κ1) is 14.6. The molecule has 1 aromatic heterocycles. The summed E-state index contributed by atoms with van der Waals surface area (Å²) in [5.74, 6) is 2.36. The minimum absolute atomic E-state index is 0.0919. The van der Waals surface area contributed by atoms with E-state index >= 15 is 0 Å². The summed E-state index contributed by atoms with van der Waals surface area (Å²) in [6, 6.07) is 11.6. The van der Waals surface area contributed by atoms with Crippen molar-refractivity contribution in [1.82, 2.24) is 15.6 Å². The lowest BCUT2D eigenvalue weighted by Crippen LogP contribution is -2.37. The van der Waals surface area contributed by atoms with Gasteiger partial charge < -0.3 is 10.6 Å². The minimum atomic E-state index is -0.267. The second kappa shape index (κ2) is 7.11. The Morgan fingerprint density at radius 2 is 2.05 bits per heavy atom. The van der Waals surface area contributed by atoms with Gasteiger partial charge in [0.25, 0.3) is 0 Å². The van der Waals surface area contributed by atoms with Crippen LogP contribution in [-0.4, -0.2) is 17.6 Å². The summed E-state index contributed by atoms with van der Waals surface area (Å²) in [5, 5.41) is 5.41. The molecule has 1 heterocycles. The predicted octanol–water partition coefficient (Wildman–Crippen LogP) is 2.74. The molecular weight excluding hydrogens is 262 g/mol. The van der Waals surface area contributed by atoms with Crippen LogP contribution in [0.15, 0.2) is 48.8 Å².